The number of nitrogens with one attached hydrogen (secondary N) is 2. The molecule has 0 saturated carbocycles. The lowest BCUT2D eigenvalue weighted by atomic mass is 9.95. The highest BCUT2D eigenvalue weighted by Crippen LogP contribution is 2.39. The van der Waals surface area contributed by atoms with Crippen LogP contribution in [0.25, 0.3) is 11.1 Å². The van der Waals surface area contributed by atoms with Crippen LogP contribution in [0.15, 0.2) is 72.8 Å². The summed E-state index contributed by atoms with van der Waals surface area (Å²) in [5, 5.41) is 5.64. The van der Waals surface area contributed by atoms with E-state index in [1.54, 1.807) is 18.9 Å². The second kappa shape index (κ2) is 9.28. The summed E-state index contributed by atoms with van der Waals surface area (Å²) >= 11 is 0. The Bertz CT molecular complexity index is 1220. The number of likely N-dealkylation sites (N-methyl/N-ethyl adjacent to an activating group) is 1. The predicted octanol–water partition coefficient (Wildman–Crippen LogP) is 3.75. The van der Waals surface area contributed by atoms with Gasteiger partial charge in [-0.3, -0.25) is 14.4 Å². The van der Waals surface area contributed by atoms with Crippen LogP contribution in [0.5, 0.6) is 0 Å². The molecule has 1 aliphatic heterocycles. The smallest absolute Gasteiger partial charge is 0.253 e. The summed E-state index contributed by atoms with van der Waals surface area (Å²) in [5.41, 5.74) is 5.35. The standard InChI is InChI=1S/C27H27N3O3/c1-17-9-8-10-19(15-17)16-28-25(31)18(2)26(32)29-24-22-13-5-4-11-20(22)21-12-6-7-14-23(21)30(3)27(24)33/h4-15,18,24H,16H2,1-3H3,(H,28,31)(H,29,32)/t18-,24+/m1/s1. The van der Waals surface area contributed by atoms with Crippen molar-refractivity contribution >= 4 is 23.4 Å². The molecule has 6 nitrogen and oxygen atoms in total. The first-order valence-electron chi connectivity index (χ1n) is 11.0. The summed E-state index contributed by atoms with van der Waals surface area (Å²) in [5.74, 6) is -2.09. The topological polar surface area (TPSA) is 78.5 Å². The van der Waals surface area contributed by atoms with E-state index in [1.165, 1.54) is 0 Å². The fourth-order valence-electron chi connectivity index (χ4n) is 4.12. The highest BCUT2D eigenvalue weighted by atomic mass is 16.2. The minimum atomic E-state index is -0.953. The van der Waals surface area contributed by atoms with Crippen LogP contribution in [0.2, 0.25) is 0 Å². The van der Waals surface area contributed by atoms with Gasteiger partial charge in [0.25, 0.3) is 5.91 Å². The minimum Gasteiger partial charge on any atom is -0.351 e. The maximum atomic E-state index is 13.4. The number of rotatable bonds is 5. The number of fused-ring (bicyclic) bond motifs is 3. The lowest BCUT2D eigenvalue weighted by Gasteiger charge is -2.24. The van der Waals surface area contributed by atoms with Crippen molar-refractivity contribution in [3.05, 3.63) is 89.5 Å². The van der Waals surface area contributed by atoms with Crippen molar-refractivity contribution in [3.8, 4) is 11.1 Å². The lowest BCUT2D eigenvalue weighted by Crippen LogP contribution is -2.45. The number of nitrogens with zero attached hydrogens (tertiary/aromatic N) is 1. The molecule has 0 fully saturated rings. The first-order chi connectivity index (χ1) is 15.9. The van der Waals surface area contributed by atoms with Crippen LogP contribution in [0.1, 0.15) is 29.7 Å². The Kier molecular flexibility index (Phi) is 6.27. The molecule has 33 heavy (non-hydrogen) atoms. The van der Waals surface area contributed by atoms with Crippen LogP contribution in [0, 0.1) is 12.8 Å². The molecule has 0 aliphatic carbocycles. The molecule has 1 aliphatic rings. The minimum absolute atomic E-state index is 0.256. The summed E-state index contributed by atoms with van der Waals surface area (Å²) in [6.45, 7) is 3.87. The Labute approximate surface area is 193 Å². The third-order valence-electron chi connectivity index (χ3n) is 6.03. The molecule has 3 aromatic carbocycles. The zero-order valence-electron chi connectivity index (χ0n) is 19.0. The summed E-state index contributed by atoms with van der Waals surface area (Å²) in [7, 11) is 1.70. The van der Waals surface area contributed by atoms with E-state index in [4.69, 9.17) is 0 Å². The van der Waals surface area contributed by atoms with Gasteiger partial charge in [0.15, 0.2) is 0 Å². The normalized spacial score (nSPS) is 15.7. The summed E-state index contributed by atoms with van der Waals surface area (Å²) in [4.78, 5) is 40.6. The van der Waals surface area contributed by atoms with Crippen LogP contribution in [0.3, 0.4) is 0 Å². The summed E-state index contributed by atoms with van der Waals surface area (Å²) < 4.78 is 0. The van der Waals surface area contributed by atoms with Crippen LogP contribution in [-0.4, -0.2) is 24.8 Å². The quantitative estimate of drug-likeness (QED) is 0.592. The lowest BCUT2D eigenvalue weighted by molar-refractivity contribution is -0.136. The van der Waals surface area contributed by atoms with Gasteiger partial charge in [-0.2, -0.15) is 0 Å². The number of carbonyl (C=O) groups is 3. The van der Waals surface area contributed by atoms with Gasteiger partial charge in [-0.05, 0) is 36.6 Å². The number of aryl methyl sites for hydroxylation is 1. The van der Waals surface area contributed by atoms with Crippen molar-refractivity contribution in [2.75, 3.05) is 11.9 Å². The highest BCUT2D eigenvalue weighted by Gasteiger charge is 2.34. The molecule has 0 unspecified atom stereocenters. The third kappa shape index (κ3) is 4.51. The van der Waals surface area contributed by atoms with Crippen LogP contribution < -0.4 is 15.5 Å². The molecule has 0 aromatic heterocycles. The fourth-order valence-corrected chi connectivity index (χ4v) is 4.12. The van der Waals surface area contributed by atoms with Crippen molar-refractivity contribution < 1.29 is 14.4 Å². The van der Waals surface area contributed by atoms with Crippen LogP contribution >= 0.6 is 0 Å². The molecule has 168 valence electrons. The number of benzene rings is 3. The maximum Gasteiger partial charge on any atom is 0.253 e. The van der Waals surface area contributed by atoms with Gasteiger partial charge in [0.05, 0.1) is 5.69 Å². The molecule has 0 spiro atoms. The Balaban J connectivity index is 1.53. The van der Waals surface area contributed by atoms with Gasteiger partial charge in [0, 0.05) is 19.2 Å². The second-order valence-corrected chi connectivity index (χ2v) is 8.37. The highest BCUT2D eigenvalue weighted by molar-refractivity contribution is 6.07. The SMILES string of the molecule is Cc1cccc(CNC(=O)[C@@H](C)C(=O)N[C@@H]2C(=O)N(C)c3ccccc3-c3ccccc32)c1. The summed E-state index contributed by atoms with van der Waals surface area (Å²) in [6.07, 6.45) is 0. The number of amides is 3. The average Bonchev–Trinajstić information content (AvgIpc) is 2.92. The molecule has 0 bridgehead atoms. The van der Waals surface area contributed by atoms with E-state index < -0.39 is 17.9 Å². The van der Waals surface area contributed by atoms with Crippen molar-refractivity contribution in [3.63, 3.8) is 0 Å². The zero-order valence-corrected chi connectivity index (χ0v) is 19.0. The molecule has 2 atom stereocenters. The van der Waals surface area contributed by atoms with E-state index >= 15 is 0 Å². The number of hydrogen-bond acceptors (Lipinski definition) is 3. The third-order valence-corrected chi connectivity index (χ3v) is 6.03. The van der Waals surface area contributed by atoms with E-state index in [1.807, 2.05) is 79.7 Å². The van der Waals surface area contributed by atoms with Gasteiger partial charge in [0.1, 0.15) is 12.0 Å². The van der Waals surface area contributed by atoms with E-state index in [-0.39, 0.29) is 11.8 Å². The molecule has 4 rings (SSSR count). The largest absolute Gasteiger partial charge is 0.351 e. The van der Waals surface area contributed by atoms with E-state index in [0.29, 0.717) is 12.1 Å². The van der Waals surface area contributed by atoms with E-state index in [9.17, 15) is 14.4 Å². The molecule has 0 radical (unpaired) electrons. The molecule has 3 amide bonds. The monoisotopic (exact) mass is 441 g/mol. The Morgan fingerprint density at radius 3 is 2.39 bits per heavy atom. The molecule has 2 N–H and O–H groups in total. The van der Waals surface area contributed by atoms with Gasteiger partial charge in [-0.15, -0.1) is 0 Å². The molecule has 0 saturated heterocycles. The first-order valence-corrected chi connectivity index (χ1v) is 11.0. The molecule has 3 aromatic rings. The molecular weight excluding hydrogens is 414 g/mol. The zero-order chi connectivity index (χ0) is 23.5. The van der Waals surface area contributed by atoms with Crippen LogP contribution in [0.4, 0.5) is 5.69 Å². The second-order valence-electron chi connectivity index (χ2n) is 8.37. The van der Waals surface area contributed by atoms with Crippen LogP contribution in [-0.2, 0) is 20.9 Å². The van der Waals surface area contributed by atoms with Gasteiger partial charge in [-0.1, -0.05) is 72.3 Å². The van der Waals surface area contributed by atoms with Gasteiger partial charge >= 0.3 is 0 Å². The number of para-hydroxylation sites is 1. The molecular formula is C27H27N3O3. The Morgan fingerprint density at radius 2 is 1.64 bits per heavy atom. The van der Waals surface area contributed by atoms with Gasteiger partial charge < -0.3 is 15.5 Å². The van der Waals surface area contributed by atoms with Gasteiger partial charge in [-0.25, -0.2) is 0 Å². The molecule has 1 heterocycles. The average molecular weight is 442 g/mol. The van der Waals surface area contributed by atoms with Crippen molar-refractivity contribution in [1.29, 1.82) is 0 Å². The number of hydrogen-bond donors (Lipinski definition) is 2. The fraction of sp³-hybridized carbons (Fsp3) is 0.222. The maximum absolute atomic E-state index is 13.4. The van der Waals surface area contributed by atoms with Crippen molar-refractivity contribution in [2.45, 2.75) is 26.4 Å². The van der Waals surface area contributed by atoms with Crippen molar-refractivity contribution in [2.24, 2.45) is 5.92 Å². The number of carbonyl (C=O) groups excluding carboxylic acids is 3. The Hall–Kier alpha value is -3.93. The summed E-state index contributed by atoms with van der Waals surface area (Å²) in [6, 6.07) is 22.1. The first kappa shape index (κ1) is 22.3. The number of anilines is 1. The van der Waals surface area contributed by atoms with Gasteiger partial charge in [0.2, 0.25) is 11.8 Å². The van der Waals surface area contributed by atoms with E-state index in [0.717, 1.165) is 27.9 Å². The molecule has 6 heteroatoms. The Morgan fingerprint density at radius 1 is 0.939 bits per heavy atom. The van der Waals surface area contributed by atoms with Crippen molar-refractivity contribution in [1.82, 2.24) is 10.6 Å². The predicted molar refractivity (Wildman–Crippen MR) is 128 cm³/mol. The van der Waals surface area contributed by atoms with E-state index in [2.05, 4.69) is 10.6 Å².